The number of halogens is 1. The molecule has 0 spiro atoms. The molecular weight excluding hydrogens is 252 g/mol. The van der Waals surface area contributed by atoms with Crippen LogP contribution in [-0.2, 0) is 13.0 Å². The van der Waals surface area contributed by atoms with Gasteiger partial charge in [0, 0.05) is 17.1 Å². The summed E-state index contributed by atoms with van der Waals surface area (Å²) in [5.41, 5.74) is 2.50. The predicted molar refractivity (Wildman–Crippen MR) is 68.5 cm³/mol. The van der Waals surface area contributed by atoms with Gasteiger partial charge in [-0.15, -0.1) is 0 Å². The minimum atomic E-state index is 0.572. The second-order valence-corrected chi connectivity index (χ2v) is 5.59. The Kier molecular flexibility index (Phi) is 4.84. The van der Waals surface area contributed by atoms with Gasteiger partial charge in [-0.2, -0.15) is 5.10 Å². The van der Waals surface area contributed by atoms with Crippen LogP contribution in [0.1, 0.15) is 38.6 Å². The number of aryl methyl sites for hydroxylation is 2. The third-order valence-corrected chi connectivity index (χ3v) is 3.68. The van der Waals surface area contributed by atoms with Gasteiger partial charge in [-0.05, 0) is 32.3 Å². The first kappa shape index (κ1) is 12.8. The average Bonchev–Trinajstić information content (AvgIpc) is 2.54. The molecule has 0 aliphatic rings. The lowest BCUT2D eigenvalue weighted by Gasteiger charge is -2.17. The van der Waals surface area contributed by atoms with Crippen molar-refractivity contribution in [1.82, 2.24) is 9.78 Å². The van der Waals surface area contributed by atoms with Crippen LogP contribution in [0, 0.1) is 12.8 Å². The molecule has 1 aromatic rings. The molecule has 2 nitrogen and oxygen atoms in total. The molecule has 1 rings (SSSR count). The number of hydrogen-bond acceptors (Lipinski definition) is 1. The number of hydrogen-bond donors (Lipinski definition) is 0. The van der Waals surface area contributed by atoms with Crippen molar-refractivity contribution in [2.45, 2.75) is 51.9 Å². The summed E-state index contributed by atoms with van der Waals surface area (Å²) in [7, 11) is 0. The zero-order valence-electron chi connectivity index (χ0n) is 10.1. The van der Waals surface area contributed by atoms with Crippen LogP contribution in [0.4, 0.5) is 0 Å². The Balaban J connectivity index is 2.77. The Morgan fingerprint density at radius 3 is 2.60 bits per heavy atom. The quantitative estimate of drug-likeness (QED) is 0.750. The molecule has 0 amide bonds. The molecule has 0 aliphatic carbocycles. The van der Waals surface area contributed by atoms with E-state index in [9.17, 15) is 0 Å². The van der Waals surface area contributed by atoms with Crippen LogP contribution < -0.4 is 0 Å². The third kappa shape index (κ3) is 3.33. The Morgan fingerprint density at radius 1 is 1.47 bits per heavy atom. The first-order valence-corrected chi connectivity index (χ1v) is 6.67. The van der Waals surface area contributed by atoms with Gasteiger partial charge in [0.1, 0.15) is 0 Å². The zero-order valence-corrected chi connectivity index (χ0v) is 11.7. The van der Waals surface area contributed by atoms with Gasteiger partial charge in [0.2, 0.25) is 0 Å². The SMILES string of the molecule is CCC(Cc1cc(C)nn1CC)C(C)Br. The molecule has 2 unspecified atom stereocenters. The fraction of sp³-hybridized carbons (Fsp3) is 0.750. The molecule has 0 aliphatic heterocycles. The summed E-state index contributed by atoms with van der Waals surface area (Å²) in [6, 6.07) is 2.21. The van der Waals surface area contributed by atoms with Gasteiger partial charge < -0.3 is 0 Å². The second-order valence-electron chi connectivity index (χ2n) is 4.14. The maximum absolute atomic E-state index is 4.48. The molecule has 0 saturated heterocycles. The maximum Gasteiger partial charge on any atom is 0.0596 e. The summed E-state index contributed by atoms with van der Waals surface area (Å²) < 4.78 is 2.12. The average molecular weight is 273 g/mol. The first-order chi connectivity index (χ1) is 7.08. The monoisotopic (exact) mass is 272 g/mol. The Morgan fingerprint density at radius 2 is 2.13 bits per heavy atom. The molecule has 86 valence electrons. The highest BCUT2D eigenvalue weighted by atomic mass is 79.9. The fourth-order valence-electron chi connectivity index (χ4n) is 1.94. The lowest BCUT2D eigenvalue weighted by atomic mass is 9.97. The molecule has 1 heterocycles. The number of nitrogens with zero attached hydrogens (tertiary/aromatic N) is 2. The van der Waals surface area contributed by atoms with E-state index >= 15 is 0 Å². The van der Waals surface area contributed by atoms with E-state index in [4.69, 9.17) is 0 Å². The molecule has 15 heavy (non-hydrogen) atoms. The Labute approximate surface area is 101 Å². The van der Waals surface area contributed by atoms with E-state index in [2.05, 4.69) is 59.5 Å². The molecule has 0 radical (unpaired) electrons. The summed E-state index contributed by atoms with van der Waals surface area (Å²) in [5, 5.41) is 4.48. The maximum atomic E-state index is 4.48. The summed E-state index contributed by atoms with van der Waals surface area (Å²) in [4.78, 5) is 0.572. The van der Waals surface area contributed by atoms with Crippen molar-refractivity contribution in [3.05, 3.63) is 17.5 Å². The van der Waals surface area contributed by atoms with Crippen molar-refractivity contribution < 1.29 is 0 Å². The van der Waals surface area contributed by atoms with Crippen LogP contribution in [0.3, 0.4) is 0 Å². The molecule has 0 saturated carbocycles. The molecule has 0 bridgehead atoms. The van der Waals surface area contributed by atoms with Crippen molar-refractivity contribution in [3.63, 3.8) is 0 Å². The predicted octanol–water partition coefficient (Wildman–Crippen LogP) is 3.56. The van der Waals surface area contributed by atoms with Gasteiger partial charge in [0.15, 0.2) is 0 Å². The molecule has 2 atom stereocenters. The summed E-state index contributed by atoms with van der Waals surface area (Å²) in [6.07, 6.45) is 2.33. The smallest absolute Gasteiger partial charge is 0.0596 e. The lowest BCUT2D eigenvalue weighted by Crippen LogP contribution is -2.15. The number of aromatic nitrogens is 2. The highest BCUT2D eigenvalue weighted by molar-refractivity contribution is 9.09. The van der Waals surface area contributed by atoms with Crippen LogP contribution in [0.2, 0.25) is 0 Å². The first-order valence-electron chi connectivity index (χ1n) is 5.75. The highest BCUT2D eigenvalue weighted by Crippen LogP contribution is 2.21. The van der Waals surface area contributed by atoms with Crippen molar-refractivity contribution in [1.29, 1.82) is 0 Å². The molecular formula is C12H21BrN2. The van der Waals surface area contributed by atoms with E-state index in [0.29, 0.717) is 10.7 Å². The van der Waals surface area contributed by atoms with Gasteiger partial charge in [-0.25, -0.2) is 0 Å². The number of rotatable bonds is 5. The van der Waals surface area contributed by atoms with Gasteiger partial charge in [0.05, 0.1) is 5.69 Å². The number of alkyl halides is 1. The van der Waals surface area contributed by atoms with Crippen LogP contribution in [-0.4, -0.2) is 14.6 Å². The van der Waals surface area contributed by atoms with Crippen molar-refractivity contribution >= 4 is 15.9 Å². The minimum Gasteiger partial charge on any atom is -0.270 e. The summed E-state index contributed by atoms with van der Waals surface area (Å²) in [5.74, 6) is 0.700. The van der Waals surface area contributed by atoms with E-state index in [1.807, 2.05) is 0 Å². The van der Waals surface area contributed by atoms with E-state index in [-0.39, 0.29) is 0 Å². The van der Waals surface area contributed by atoms with E-state index in [0.717, 1.165) is 18.7 Å². The van der Waals surface area contributed by atoms with Crippen LogP contribution >= 0.6 is 15.9 Å². The zero-order chi connectivity index (χ0) is 11.4. The van der Waals surface area contributed by atoms with Gasteiger partial charge >= 0.3 is 0 Å². The second kappa shape index (κ2) is 5.69. The topological polar surface area (TPSA) is 17.8 Å². The van der Waals surface area contributed by atoms with E-state index in [1.165, 1.54) is 12.1 Å². The highest BCUT2D eigenvalue weighted by Gasteiger charge is 2.15. The van der Waals surface area contributed by atoms with Crippen LogP contribution in [0.25, 0.3) is 0 Å². The van der Waals surface area contributed by atoms with E-state index < -0.39 is 0 Å². The van der Waals surface area contributed by atoms with Crippen LogP contribution in [0.15, 0.2) is 6.07 Å². The minimum absolute atomic E-state index is 0.572. The van der Waals surface area contributed by atoms with Gasteiger partial charge in [-0.1, -0.05) is 36.2 Å². The molecule has 0 aromatic carbocycles. The standard InChI is InChI=1S/C12H21BrN2/c1-5-11(10(4)13)8-12-7-9(3)14-15(12)6-2/h7,10-11H,5-6,8H2,1-4H3. The Hall–Kier alpha value is -0.310. The van der Waals surface area contributed by atoms with Crippen molar-refractivity contribution in [3.8, 4) is 0 Å². The normalized spacial score (nSPS) is 15.3. The van der Waals surface area contributed by atoms with Crippen molar-refractivity contribution in [2.24, 2.45) is 5.92 Å². The molecule has 0 N–H and O–H groups in total. The molecule has 3 heteroatoms. The van der Waals surface area contributed by atoms with Gasteiger partial charge in [0.25, 0.3) is 0 Å². The fourth-order valence-corrected chi connectivity index (χ4v) is 2.50. The molecule has 1 aromatic heterocycles. The largest absolute Gasteiger partial charge is 0.270 e. The van der Waals surface area contributed by atoms with Crippen molar-refractivity contribution in [2.75, 3.05) is 0 Å². The lowest BCUT2D eigenvalue weighted by molar-refractivity contribution is 0.480. The third-order valence-electron chi connectivity index (χ3n) is 2.93. The Bertz CT molecular complexity index is 305. The summed E-state index contributed by atoms with van der Waals surface area (Å²) in [6.45, 7) is 9.66. The van der Waals surface area contributed by atoms with Crippen LogP contribution in [0.5, 0.6) is 0 Å². The van der Waals surface area contributed by atoms with E-state index in [1.54, 1.807) is 0 Å². The summed E-state index contributed by atoms with van der Waals surface area (Å²) >= 11 is 3.68. The molecule has 0 fully saturated rings. The van der Waals surface area contributed by atoms with Gasteiger partial charge in [-0.3, -0.25) is 4.68 Å².